The fourth-order valence-corrected chi connectivity index (χ4v) is 2.53. The Labute approximate surface area is 137 Å². The minimum atomic E-state index is 0.614. The van der Waals surface area contributed by atoms with E-state index in [9.17, 15) is 0 Å². The number of benzene rings is 2. The number of halogens is 1. The van der Waals surface area contributed by atoms with Crippen molar-refractivity contribution in [2.24, 2.45) is 0 Å². The Balaban J connectivity index is 1.68. The summed E-state index contributed by atoms with van der Waals surface area (Å²) in [6.07, 6.45) is 0. The molecule has 0 amide bonds. The van der Waals surface area contributed by atoms with Crippen LogP contribution in [0.15, 0.2) is 59.8 Å². The Hall–Kier alpha value is -2.29. The van der Waals surface area contributed by atoms with Crippen LogP contribution in [0.25, 0.3) is 5.69 Å². The molecule has 3 rings (SSSR count). The van der Waals surface area contributed by atoms with Crippen LogP contribution >= 0.6 is 23.4 Å². The first-order chi connectivity index (χ1) is 10.8. The van der Waals surface area contributed by atoms with Crippen LogP contribution in [0.5, 0.6) is 0 Å². The SMILES string of the molecule is Clc1ccc(-n2nnnc2SCC#Cc2ccccc2)cc1. The molecule has 0 atom stereocenters. The highest BCUT2D eigenvalue weighted by Gasteiger charge is 2.07. The quantitative estimate of drug-likeness (QED) is 0.546. The van der Waals surface area contributed by atoms with Crippen LogP contribution < -0.4 is 0 Å². The summed E-state index contributed by atoms with van der Waals surface area (Å²) in [5.41, 5.74) is 1.87. The lowest BCUT2D eigenvalue weighted by Crippen LogP contribution is -1.98. The van der Waals surface area contributed by atoms with E-state index in [1.54, 1.807) is 4.68 Å². The van der Waals surface area contributed by atoms with Crippen LogP contribution in [0.2, 0.25) is 5.02 Å². The van der Waals surface area contributed by atoms with Gasteiger partial charge in [0, 0.05) is 10.6 Å². The molecule has 0 bridgehead atoms. The predicted molar refractivity (Wildman–Crippen MR) is 88.2 cm³/mol. The van der Waals surface area contributed by atoms with Crippen LogP contribution in [-0.4, -0.2) is 26.0 Å². The second-order valence-electron chi connectivity index (χ2n) is 4.31. The van der Waals surface area contributed by atoms with E-state index in [2.05, 4.69) is 27.4 Å². The number of hydrogen-bond acceptors (Lipinski definition) is 4. The molecule has 108 valence electrons. The van der Waals surface area contributed by atoms with Gasteiger partial charge in [0.15, 0.2) is 0 Å². The first-order valence-electron chi connectivity index (χ1n) is 6.54. The van der Waals surface area contributed by atoms with Crippen molar-refractivity contribution in [3.8, 4) is 17.5 Å². The molecule has 0 saturated carbocycles. The molecule has 1 aromatic heterocycles. The topological polar surface area (TPSA) is 43.6 Å². The zero-order chi connectivity index (χ0) is 15.2. The summed E-state index contributed by atoms with van der Waals surface area (Å²) in [4.78, 5) is 0. The predicted octanol–water partition coefficient (Wildman–Crippen LogP) is 3.46. The van der Waals surface area contributed by atoms with Gasteiger partial charge in [0.05, 0.1) is 11.4 Å². The molecule has 0 radical (unpaired) electrons. The van der Waals surface area contributed by atoms with Crippen molar-refractivity contribution < 1.29 is 0 Å². The van der Waals surface area contributed by atoms with Gasteiger partial charge >= 0.3 is 0 Å². The third kappa shape index (κ3) is 3.67. The lowest BCUT2D eigenvalue weighted by atomic mass is 10.2. The van der Waals surface area contributed by atoms with E-state index in [0.717, 1.165) is 11.3 Å². The summed E-state index contributed by atoms with van der Waals surface area (Å²) in [5.74, 6) is 6.83. The van der Waals surface area contributed by atoms with Gasteiger partial charge in [-0.05, 0) is 46.8 Å². The zero-order valence-electron chi connectivity index (χ0n) is 11.5. The number of aromatic nitrogens is 4. The van der Waals surface area contributed by atoms with Gasteiger partial charge in [0.25, 0.3) is 0 Å². The fraction of sp³-hybridized carbons (Fsp3) is 0.0625. The Bertz CT molecular complexity index is 803. The van der Waals surface area contributed by atoms with Crippen molar-refractivity contribution in [1.82, 2.24) is 20.2 Å². The van der Waals surface area contributed by atoms with Gasteiger partial charge in [0.2, 0.25) is 5.16 Å². The van der Waals surface area contributed by atoms with Gasteiger partial charge in [0.1, 0.15) is 0 Å². The summed E-state index contributed by atoms with van der Waals surface area (Å²) in [6.45, 7) is 0. The van der Waals surface area contributed by atoms with E-state index < -0.39 is 0 Å². The van der Waals surface area contributed by atoms with Crippen molar-refractivity contribution >= 4 is 23.4 Å². The third-order valence-corrected chi connectivity index (χ3v) is 3.85. The maximum absolute atomic E-state index is 5.89. The van der Waals surface area contributed by atoms with Gasteiger partial charge in [-0.3, -0.25) is 0 Å². The van der Waals surface area contributed by atoms with Crippen LogP contribution in [0.4, 0.5) is 0 Å². The molecule has 2 aromatic carbocycles. The molecule has 0 fully saturated rings. The standard InChI is InChI=1S/C16H11ClN4S/c17-14-8-10-15(11-9-14)21-16(18-19-20-21)22-12-4-7-13-5-2-1-3-6-13/h1-3,5-6,8-11H,12H2. The Morgan fingerprint density at radius 3 is 2.59 bits per heavy atom. The Morgan fingerprint density at radius 1 is 1.05 bits per heavy atom. The smallest absolute Gasteiger partial charge is 0.187 e. The molecular formula is C16H11ClN4S. The van der Waals surface area contributed by atoms with E-state index in [0.29, 0.717) is 15.9 Å². The van der Waals surface area contributed by atoms with Crippen molar-refractivity contribution in [2.45, 2.75) is 5.16 Å². The second kappa shape index (κ2) is 7.12. The number of nitrogens with zero attached hydrogens (tertiary/aromatic N) is 4. The molecule has 22 heavy (non-hydrogen) atoms. The Morgan fingerprint density at radius 2 is 1.82 bits per heavy atom. The van der Waals surface area contributed by atoms with Crippen molar-refractivity contribution in [3.05, 3.63) is 65.2 Å². The monoisotopic (exact) mass is 326 g/mol. The molecule has 6 heteroatoms. The van der Waals surface area contributed by atoms with E-state index in [1.807, 2.05) is 54.6 Å². The summed E-state index contributed by atoms with van der Waals surface area (Å²) < 4.78 is 1.67. The average molecular weight is 327 g/mol. The summed E-state index contributed by atoms with van der Waals surface area (Å²) in [7, 11) is 0. The van der Waals surface area contributed by atoms with Crippen LogP contribution in [-0.2, 0) is 0 Å². The lowest BCUT2D eigenvalue weighted by molar-refractivity contribution is 0.757. The van der Waals surface area contributed by atoms with Gasteiger partial charge in [-0.1, -0.05) is 53.4 Å². The number of rotatable bonds is 3. The maximum atomic E-state index is 5.89. The van der Waals surface area contributed by atoms with Gasteiger partial charge in [-0.2, -0.15) is 4.68 Å². The average Bonchev–Trinajstić information content (AvgIpc) is 3.02. The molecular weight excluding hydrogens is 316 g/mol. The van der Waals surface area contributed by atoms with E-state index >= 15 is 0 Å². The second-order valence-corrected chi connectivity index (χ2v) is 5.69. The molecule has 1 heterocycles. The van der Waals surface area contributed by atoms with Crippen LogP contribution in [0.1, 0.15) is 5.56 Å². The maximum Gasteiger partial charge on any atom is 0.215 e. The lowest BCUT2D eigenvalue weighted by Gasteiger charge is -2.02. The third-order valence-electron chi connectivity index (χ3n) is 2.79. The minimum Gasteiger partial charge on any atom is -0.187 e. The normalized spacial score (nSPS) is 10.0. The fourth-order valence-electron chi connectivity index (χ4n) is 1.77. The zero-order valence-corrected chi connectivity index (χ0v) is 13.1. The van der Waals surface area contributed by atoms with Crippen LogP contribution in [0.3, 0.4) is 0 Å². The number of hydrogen-bond donors (Lipinski definition) is 0. The Kier molecular flexibility index (Phi) is 4.74. The highest BCUT2D eigenvalue weighted by Crippen LogP contribution is 2.19. The van der Waals surface area contributed by atoms with Crippen molar-refractivity contribution in [1.29, 1.82) is 0 Å². The molecule has 0 saturated heterocycles. The molecule has 4 nitrogen and oxygen atoms in total. The molecule has 0 unspecified atom stereocenters. The van der Waals surface area contributed by atoms with E-state index in [4.69, 9.17) is 11.6 Å². The van der Waals surface area contributed by atoms with Crippen LogP contribution in [0, 0.1) is 11.8 Å². The molecule has 0 spiro atoms. The van der Waals surface area contributed by atoms with Gasteiger partial charge in [-0.25, -0.2) is 0 Å². The first-order valence-corrected chi connectivity index (χ1v) is 7.90. The first kappa shape index (κ1) is 14.6. The summed E-state index contributed by atoms with van der Waals surface area (Å²) >= 11 is 7.38. The molecule has 0 aliphatic heterocycles. The number of thioether (sulfide) groups is 1. The minimum absolute atomic E-state index is 0.614. The van der Waals surface area contributed by atoms with E-state index in [1.165, 1.54) is 11.8 Å². The highest BCUT2D eigenvalue weighted by atomic mass is 35.5. The largest absolute Gasteiger partial charge is 0.215 e. The van der Waals surface area contributed by atoms with Gasteiger partial charge < -0.3 is 0 Å². The molecule has 0 N–H and O–H groups in total. The molecule has 3 aromatic rings. The van der Waals surface area contributed by atoms with Gasteiger partial charge in [-0.15, -0.1) is 5.10 Å². The van der Waals surface area contributed by atoms with E-state index in [-0.39, 0.29) is 0 Å². The summed E-state index contributed by atoms with van der Waals surface area (Å²) in [5, 5.41) is 13.1. The van der Waals surface area contributed by atoms with Crippen molar-refractivity contribution in [2.75, 3.05) is 5.75 Å². The molecule has 0 aliphatic carbocycles. The number of tetrazole rings is 1. The summed E-state index contributed by atoms with van der Waals surface area (Å²) in [6, 6.07) is 17.2. The molecule has 0 aliphatic rings. The van der Waals surface area contributed by atoms with Crippen molar-refractivity contribution in [3.63, 3.8) is 0 Å². The highest BCUT2D eigenvalue weighted by molar-refractivity contribution is 7.99.